The number of aromatic nitrogens is 3. The van der Waals surface area contributed by atoms with Gasteiger partial charge in [0, 0.05) is 47.7 Å². The average Bonchev–Trinajstić information content (AvgIpc) is 2.98. The van der Waals surface area contributed by atoms with Crippen LogP contribution in [-0.4, -0.2) is 61.6 Å². The zero-order chi connectivity index (χ0) is 29.4. The number of amides is 2. The fraction of sp³-hybridized carbons (Fsp3) is 0.387. The zero-order valence-corrected chi connectivity index (χ0v) is 24.5. The third kappa shape index (κ3) is 5.73. The highest BCUT2D eigenvalue weighted by molar-refractivity contribution is 6.36. The van der Waals surface area contributed by atoms with Crippen LogP contribution < -0.4 is 10.9 Å². The van der Waals surface area contributed by atoms with Gasteiger partial charge in [0.25, 0.3) is 11.5 Å². The minimum absolute atomic E-state index is 0.0874. The van der Waals surface area contributed by atoms with E-state index in [1.165, 1.54) is 10.9 Å². The van der Waals surface area contributed by atoms with E-state index < -0.39 is 5.60 Å². The van der Waals surface area contributed by atoms with E-state index >= 15 is 0 Å². The molecule has 2 aromatic carbocycles. The molecule has 6 rings (SSSR count). The minimum Gasteiger partial charge on any atom is -0.388 e. The number of likely N-dealkylation sites (tertiary alicyclic amines) is 1. The molecule has 1 aliphatic carbocycles. The molecule has 3 heterocycles. The zero-order valence-electron chi connectivity index (χ0n) is 23.0. The second-order valence-electron chi connectivity index (χ2n) is 11.2. The Labute approximate surface area is 252 Å². The van der Waals surface area contributed by atoms with Crippen LogP contribution in [0.3, 0.4) is 0 Å². The Morgan fingerprint density at radius 2 is 1.76 bits per heavy atom. The molecule has 218 valence electrons. The molecule has 0 unspecified atom stereocenters. The maximum Gasteiger partial charge on any atom is 0.261 e. The Balaban J connectivity index is 1.02. The fourth-order valence-electron chi connectivity index (χ4n) is 5.94. The number of hydrogen-bond donors (Lipinski definition) is 2. The summed E-state index contributed by atoms with van der Waals surface area (Å²) >= 11 is 12.7. The molecule has 0 saturated carbocycles. The fourth-order valence-corrected chi connectivity index (χ4v) is 6.47. The smallest absolute Gasteiger partial charge is 0.261 e. The number of nitrogens with zero attached hydrogens (tertiary/aromatic N) is 4. The van der Waals surface area contributed by atoms with Crippen LogP contribution in [0, 0.1) is 0 Å². The molecule has 1 aliphatic heterocycles. The molecule has 2 aliphatic rings. The topological polar surface area (TPSA) is 117 Å². The van der Waals surface area contributed by atoms with Gasteiger partial charge in [0.05, 0.1) is 39.9 Å². The summed E-state index contributed by atoms with van der Waals surface area (Å²) < 4.78 is 1.41. The summed E-state index contributed by atoms with van der Waals surface area (Å²) in [5, 5.41) is 16.5. The van der Waals surface area contributed by atoms with Crippen molar-refractivity contribution in [1.29, 1.82) is 0 Å². The highest BCUT2D eigenvalue weighted by Crippen LogP contribution is 2.33. The lowest BCUT2D eigenvalue weighted by atomic mass is 9.91. The number of carbonyl (C=O) groups is 2. The molecule has 9 nitrogen and oxygen atoms in total. The highest BCUT2D eigenvalue weighted by Gasteiger charge is 2.34. The van der Waals surface area contributed by atoms with Gasteiger partial charge in [0.2, 0.25) is 5.91 Å². The third-order valence-electron chi connectivity index (χ3n) is 8.38. The molecule has 2 amide bonds. The van der Waals surface area contributed by atoms with E-state index in [0.29, 0.717) is 52.9 Å². The number of pyridine rings is 1. The number of halogens is 2. The van der Waals surface area contributed by atoms with Gasteiger partial charge in [-0.25, -0.2) is 4.98 Å². The van der Waals surface area contributed by atoms with Crippen molar-refractivity contribution in [3.63, 3.8) is 0 Å². The van der Waals surface area contributed by atoms with E-state index in [-0.39, 0.29) is 36.9 Å². The summed E-state index contributed by atoms with van der Waals surface area (Å²) in [6, 6.07) is 10.2. The first-order chi connectivity index (χ1) is 20.2. The van der Waals surface area contributed by atoms with Crippen molar-refractivity contribution in [3.05, 3.63) is 79.9 Å². The summed E-state index contributed by atoms with van der Waals surface area (Å²) in [6.45, 7) is 0.993. The number of rotatable bonds is 6. The molecule has 2 aromatic heterocycles. The van der Waals surface area contributed by atoms with E-state index in [1.807, 2.05) is 6.07 Å². The summed E-state index contributed by atoms with van der Waals surface area (Å²) in [5.74, 6) is -0.373. The monoisotopic (exact) mass is 607 g/mol. The number of fused-ring (bicyclic) bond motifs is 3. The van der Waals surface area contributed by atoms with Gasteiger partial charge in [-0.2, -0.15) is 0 Å². The van der Waals surface area contributed by atoms with Crippen molar-refractivity contribution in [2.75, 3.05) is 19.6 Å². The average molecular weight is 609 g/mol. The molecule has 11 heteroatoms. The standard InChI is InChI=1S/C31H31Cl2N5O4/c32-20-6-8-23-25(16-20)35-18-38(30(23)41)17-31(42)10-13-37(14-11-31)27(39)9-12-34-29(40)19-5-7-22-26(15-19)36-24-4-2-1-3-21(24)28(22)33/h5-8,15-16,18,42H,1-4,9-14,17H2,(H,34,40). The predicted molar refractivity (Wildman–Crippen MR) is 162 cm³/mol. The molecule has 0 bridgehead atoms. The molecule has 4 aromatic rings. The quantitative estimate of drug-likeness (QED) is 0.337. The minimum atomic E-state index is -1.14. The third-order valence-corrected chi connectivity index (χ3v) is 9.05. The molecule has 1 saturated heterocycles. The molecule has 2 N–H and O–H groups in total. The van der Waals surface area contributed by atoms with Crippen LogP contribution in [-0.2, 0) is 24.2 Å². The van der Waals surface area contributed by atoms with E-state index in [2.05, 4.69) is 10.3 Å². The Morgan fingerprint density at radius 3 is 2.57 bits per heavy atom. The Kier molecular flexibility index (Phi) is 7.91. The number of nitrogens with one attached hydrogen (secondary N) is 1. The van der Waals surface area contributed by atoms with E-state index in [0.717, 1.165) is 47.3 Å². The largest absolute Gasteiger partial charge is 0.388 e. The SMILES string of the molecule is O=C(NCCC(=O)N1CCC(O)(Cn2cnc3cc(Cl)ccc3c2=O)CC1)c1ccc2c(Cl)c3c(nc2c1)CCCC3. The maximum absolute atomic E-state index is 12.9. The summed E-state index contributed by atoms with van der Waals surface area (Å²) in [4.78, 5) is 49.4. The van der Waals surface area contributed by atoms with Crippen LogP contribution in [0.25, 0.3) is 21.8 Å². The van der Waals surface area contributed by atoms with Crippen LogP contribution in [0.4, 0.5) is 0 Å². The Morgan fingerprint density at radius 1 is 1.00 bits per heavy atom. The normalized spacial score (nSPS) is 16.4. The highest BCUT2D eigenvalue weighted by atomic mass is 35.5. The summed E-state index contributed by atoms with van der Waals surface area (Å²) in [5.41, 5.74) is 2.43. The van der Waals surface area contributed by atoms with Crippen molar-refractivity contribution in [2.45, 2.75) is 57.1 Å². The molecule has 1 fully saturated rings. The predicted octanol–water partition coefficient (Wildman–Crippen LogP) is 4.30. The second kappa shape index (κ2) is 11.6. The molecular weight excluding hydrogens is 577 g/mol. The number of hydrogen-bond acceptors (Lipinski definition) is 6. The lowest BCUT2D eigenvalue weighted by Crippen LogP contribution is -2.50. The lowest BCUT2D eigenvalue weighted by molar-refractivity contribution is -0.135. The van der Waals surface area contributed by atoms with Crippen LogP contribution >= 0.6 is 23.2 Å². The Hall–Kier alpha value is -3.53. The second-order valence-corrected chi connectivity index (χ2v) is 12.1. The summed E-state index contributed by atoms with van der Waals surface area (Å²) in [7, 11) is 0. The van der Waals surface area contributed by atoms with E-state index in [9.17, 15) is 19.5 Å². The van der Waals surface area contributed by atoms with Gasteiger partial charge < -0.3 is 15.3 Å². The first-order valence-corrected chi connectivity index (χ1v) is 15.0. The number of carbonyl (C=O) groups excluding carboxylic acids is 2. The lowest BCUT2D eigenvalue weighted by Gasteiger charge is -2.38. The van der Waals surface area contributed by atoms with Gasteiger partial charge in [-0.15, -0.1) is 0 Å². The van der Waals surface area contributed by atoms with Gasteiger partial charge in [-0.3, -0.25) is 23.9 Å². The Bertz CT molecular complexity index is 1760. The van der Waals surface area contributed by atoms with Crippen molar-refractivity contribution < 1.29 is 14.7 Å². The van der Waals surface area contributed by atoms with Gasteiger partial charge in [0.15, 0.2) is 0 Å². The van der Waals surface area contributed by atoms with Gasteiger partial charge in [-0.05, 0) is 74.4 Å². The van der Waals surface area contributed by atoms with Crippen molar-refractivity contribution in [3.8, 4) is 0 Å². The van der Waals surface area contributed by atoms with E-state index in [4.69, 9.17) is 28.2 Å². The molecule has 0 radical (unpaired) electrons. The van der Waals surface area contributed by atoms with Crippen molar-refractivity contribution in [2.24, 2.45) is 0 Å². The van der Waals surface area contributed by atoms with Gasteiger partial charge >= 0.3 is 0 Å². The van der Waals surface area contributed by atoms with Crippen molar-refractivity contribution >= 4 is 56.8 Å². The van der Waals surface area contributed by atoms with Crippen LogP contribution in [0.15, 0.2) is 47.5 Å². The first-order valence-electron chi connectivity index (χ1n) is 14.2. The van der Waals surface area contributed by atoms with Crippen LogP contribution in [0.5, 0.6) is 0 Å². The number of aryl methyl sites for hydroxylation is 1. The molecule has 0 atom stereocenters. The number of piperidine rings is 1. The number of aliphatic hydroxyl groups is 1. The van der Waals surface area contributed by atoms with Gasteiger partial charge in [-0.1, -0.05) is 29.3 Å². The molecular formula is C31H31Cl2N5O4. The summed E-state index contributed by atoms with van der Waals surface area (Å²) in [6.07, 6.45) is 6.24. The van der Waals surface area contributed by atoms with E-state index in [1.54, 1.807) is 35.2 Å². The maximum atomic E-state index is 12.9. The molecule has 0 spiro atoms. The van der Waals surface area contributed by atoms with Crippen LogP contribution in [0.1, 0.15) is 53.7 Å². The number of benzene rings is 2. The van der Waals surface area contributed by atoms with Gasteiger partial charge in [0.1, 0.15) is 0 Å². The first kappa shape index (κ1) is 28.6. The molecule has 42 heavy (non-hydrogen) atoms. The van der Waals surface area contributed by atoms with Crippen LogP contribution in [0.2, 0.25) is 10.0 Å². The van der Waals surface area contributed by atoms with Crippen molar-refractivity contribution in [1.82, 2.24) is 24.8 Å².